The molecule has 3 unspecified atom stereocenters. The molecule has 0 saturated heterocycles. The minimum atomic E-state index is -0.616. The Morgan fingerprint density at radius 3 is 1.42 bits per heavy atom. The number of hydrogen-bond acceptors (Lipinski definition) is 4. The smallest absolute Gasteiger partial charge is 0.164 e. The van der Waals surface area contributed by atoms with Crippen molar-refractivity contribution in [1.82, 2.24) is 15.0 Å². The average molecular weight is 875 g/mol. The van der Waals surface area contributed by atoms with Crippen LogP contribution in [-0.4, -0.2) is 15.0 Å². The van der Waals surface area contributed by atoms with Gasteiger partial charge in [-0.3, -0.25) is 0 Å². The molecule has 12 rings (SSSR count). The van der Waals surface area contributed by atoms with Crippen molar-refractivity contribution in [2.24, 2.45) is 35.5 Å². The number of rotatable bonds is 7. The molecule has 0 radical (unpaired) electrons. The van der Waals surface area contributed by atoms with Crippen molar-refractivity contribution in [2.75, 3.05) is 0 Å². The van der Waals surface area contributed by atoms with Crippen LogP contribution in [0, 0.1) is 46.8 Å². The van der Waals surface area contributed by atoms with Gasteiger partial charge in [0, 0.05) is 16.7 Å². The van der Waals surface area contributed by atoms with Gasteiger partial charge in [0.1, 0.15) is 0 Å². The molecule has 7 aromatic rings. The van der Waals surface area contributed by atoms with Gasteiger partial charge >= 0.3 is 0 Å². The molecule has 6 aromatic carbocycles. The van der Waals surface area contributed by atoms with Crippen molar-refractivity contribution < 1.29 is 0 Å². The van der Waals surface area contributed by atoms with E-state index < -0.39 is 5.41 Å². The molecule has 9 atom stereocenters. The molecule has 5 aliphatic carbocycles. The Morgan fingerprint density at radius 1 is 0.418 bits per heavy atom. The lowest BCUT2D eigenvalue weighted by molar-refractivity contribution is 0.0779. The Hall–Kier alpha value is -6.18. The highest BCUT2D eigenvalue weighted by molar-refractivity contribution is 5.88. The largest absolute Gasteiger partial charge is 0.208 e. The van der Waals surface area contributed by atoms with Crippen molar-refractivity contribution in [3.63, 3.8) is 0 Å². The van der Waals surface area contributed by atoms with Crippen LogP contribution < -0.4 is 0 Å². The molecule has 0 N–H and O–H groups in total. The summed E-state index contributed by atoms with van der Waals surface area (Å²) >= 11 is 0. The van der Waals surface area contributed by atoms with E-state index in [4.69, 9.17) is 15.0 Å². The van der Waals surface area contributed by atoms with E-state index in [1.807, 2.05) is 12.1 Å². The van der Waals surface area contributed by atoms with Crippen LogP contribution in [0.3, 0.4) is 0 Å². The maximum atomic E-state index is 10.1. The van der Waals surface area contributed by atoms with E-state index >= 15 is 0 Å². The first-order chi connectivity index (χ1) is 32.6. The summed E-state index contributed by atoms with van der Waals surface area (Å²) in [6, 6.07) is 55.7. The first-order valence-electron chi connectivity index (χ1n) is 25.4. The fourth-order valence-corrected chi connectivity index (χ4v) is 15.5. The maximum absolute atomic E-state index is 10.1. The van der Waals surface area contributed by atoms with Crippen LogP contribution in [0.2, 0.25) is 0 Å². The zero-order valence-corrected chi connectivity index (χ0v) is 39.7. The van der Waals surface area contributed by atoms with Crippen LogP contribution in [-0.2, 0) is 16.2 Å². The summed E-state index contributed by atoms with van der Waals surface area (Å²) in [7, 11) is 0. The van der Waals surface area contributed by atoms with Crippen LogP contribution in [0.25, 0.3) is 45.3 Å². The summed E-state index contributed by atoms with van der Waals surface area (Å²) in [6.07, 6.45) is 13.2. The Kier molecular flexibility index (Phi) is 10.2. The highest BCUT2D eigenvalue weighted by Crippen LogP contribution is 2.58. The van der Waals surface area contributed by atoms with Gasteiger partial charge in [-0.1, -0.05) is 155 Å². The zero-order chi connectivity index (χ0) is 45.5. The fourth-order valence-electron chi connectivity index (χ4n) is 15.5. The summed E-state index contributed by atoms with van der Waals surface area (Å²) in [4.78, 5) is 16.1. The lowest BCUT2D eigenvalue weighted by Crippen LogP contribution is -2.42. The van der Waals surface area contributed by atoms with E-state index in [1.165, 1.54) is 97.6 Å². The van der Waals surface area contributed by atoms with Crippen molar-refractivity contribution in [1.29, 1.82) is 5.26 Å². The predicted octanol–water partition coefficient (Wildman–Crippen LogP) is 15.3. The number of nitrogens with zero attached hydrogens (tertiary/aromatic N) is 4. The Balaban J connectivity index is 0.993. The third-order valence-electron chi connectivity index (χ3n) is 17.3. The van der Waals surface area contributed by atoms with E-state index in [0.717, 1.165) is 63.3 Å². The molecule has 4 heteroatoms. The molecular formula is C63H62N4. The van der Waals surface area contributed by atoms with E-state index in [9.17, 15) is 5.26 Å². The van der Waals surface area contributed by atoms with Crippen LogP contribution >= 0.6 is 0 Å². The number of aromatic nitrogens is 3. The molecule has 0 spiro atoms. The van der Waals surface area contributed by atoms with Gasteiger partial charge in [0.2, 0.25) is 0 Å². The quantitative estimate of drug-likeness (QED) is 0.160. The molecular weight excluding hydrogens is 813 g/mol. The molecule has 4 bridgehead atoms. The first-order valence-corrected chi connectivity index (χ1v) is 25.4. The zero-order valence-electron chi connectivity index (χ0n) is 39.7. The minimum Gasteiger partial charge on any atom is -0.208 e. The average Bonchev–Trinajstić information content (AvgIpc) is 3.64. The lowest BCUT2D eigenvalue weighted by atomic mass is 9.54. The molecule has 1 aromatic heterocycles. The fraction of sp³-hybridized carbons (Fsp3) is 0.365. The van der Waals surface area contributed by atoms with Crippen molar-refractivity contribution in [2.45, 2.75) is 108 Å². The van der Waals surface area contributed by atoms with Crippen LogP contribution in [0.1, 0.15) is 131 Å². The molecule has 4 saturated carbocycles. The van der Waals surface area contributed by atoms with Crippen LogP contribution in [0.4, 0.5) is 0 Å². The van der Waals surface area contributed by atoms with Gasteiger partial charge in [-0.25, -0.2) is 15.0 Å². The molecule has 67 heavy (non-hydrogen) atoms. The monoisotopic (exact) mass is 874 g/mol. The predicted molar refractivity (Wildman–Crippen MR) is 271 cm³/mol. The summed E-state index contributed by atoms with van der Waals surface area (Å²) < 4.78 is 0. The van der Waals surface area contributed by atoms with Crippen molar-refractivity contribution in [3.05, 3.63) is 185 Å². The summed E-state index contributed by atoms with van der Waals surface area (Å²) in [5.41, 5.74) is 13.5. The number of fused-ring (bicyclic) bond motifs is 7. The van der Waals surface area contributed by atoms with Gasteiger partial charge in [0.05, 0.1) is 17.0 Å². The third-order valence-corrected chi connectivity index (χ3v) is 17.3. The Bertz CT molecular complexity index is 2890. The first kappa shape index (κ1) is 42.2. The van der Waals surface area contributed by atoms with E-state index in [-0.39, 0.29) is 10.8 Å². The summed E-state index contributed by atoms with van der Waals surface area (Å²) in [6.45, 7) is 9.88. The normalized spacial score (nSPS) is 29.4. The molecule has 0 amide bonds. The van der Waals surface area contributed by atoms with E-state index in [0.29, 0.717) is 23.0 Å². The van der Waals surface area contributed by atoms with Gasteiger partial charge in [-0.15, -0.1) is 0 Å². The third kappa shape index (κ3) is 7.10. The van der Waals surface area contributed by atoms with Gasteiger partial charge in [-0.05, 0) is 173 Å². The molecule has 4 fully saturated rings. The molecule has 0 aliphatic heterocycles. The molecule has 1 heterocycles. The van der Waals surface area contributed by atoms with Gasteiger partial charge in [0.15, 0.2) is 17.5 Å². The second-order valence-electron chi connectivity index (χ2n) is 22.5. The highest BCUT2D eigenvalue weighted by Gasteiger charge is 2.48. The maximum Gasteiger partial charge on any atom is 0.164 e. The summed E-state index contributed by atoms with van der Waals surface area (Å²) in [5.74, 6) is 6.78. The Labute approximate surface area is 398 Å². The molecule has 4 nitrogen and oxygen atoms in total. The number of nitriles is 1. The van der Waals surface area contributed by atoms with Gasteiger partial charge in [0.25, 0.3) is 0 Å². The standard InChI is InChI=1S/C63H62N4/c1-40-27-45-28-41(2)34-61(33-40,37-45)50-22-17-47(18-23-50)58-65-59(48-19-24-51(25-20-48)62-35-42(3)29-46(38-62)30-43(4)36-62)67-60(66-58)49-21-26-57-55(32-49)54-15-8-9-16-56(54)63(57,52-12-6-5-7-13-52)53-14-10-11-44(31-53)39-64/h5-26,31-32,40-43,45-46H,27-30,33-38H2,1-4H3/t40-,41+,42-,43+,45-,46-,61?,62?,63?. The molecule has 334 valence electrons. The van der Waals surface area contributed by atoms with E-state index in [2.05, 4.69) is 167 Å². The van der Waals surface area contributed by atoms with Gasteiger partial charge in [-0.2, -0.15) is 5.26 Å². The number of hydrogen-bond donors (Lipinski definition) is 0. The van der Waals surface area contributed by atoms with Crippen LogP contribution in [0.5, 0.6) is 0 Å². The number of benzene rings is 6. The topological polar surface area (TPSA) is 62.5 Å². The SMILES string of the molecule is C[C@@H]1C[C@@H]2C[C@H](C)CC(c3ccc(-c4nc(-c5ccc(C67C[C@H](C)C[C@H](C[C@H](C)C6)C7)cc5)nc(-c5ccc6c(c5)-c5ccccc5C6(c5ccccc5)c5cccc(C#N)c5)n4)cc3)(C1)C2. The lowest BCUT2D eigenvalue weighted by Gasteiger charge is -2.50. The van der Waals surface area contributed by atoms with Crippen molar-refractivity contribution >= 4 is 0 Å². The minimum absolute atomic E-state index is 0.257. The second kappa shape index (κ2) is 16.3. The summed E-state index contributed by atoms with van der Waals surface area (Å²) in [5, 5.41) is 10.1. The Morgan fingerprint density at radius 2 is 0.881 bits per heavy atom. The van der Waals surface area contributed by atoms with Crippen LogP contribution in [0.15, 0.2) is 146 Å². The van der Waals surface area contributed by atoms with Gasteiger partial charge < -0.3 is 0 Å². The molecule has 5 aliphatic rings. The highest BCUT2D eigenvalue weighted by atomic mass is 15.0. The van der Waals surface area contributed by atoms with Crippen molar-refractivity contribution in [3.8, 4) is 51.4 Å². The van der Waals surface area contributed by atoms with E-state index in [1.54, 1.807) is 0 Å². The second-order valence-corrected chi connectivity index (χ2v) is 22.5.